The van der Waals surface area contributed by atoms with Crippen LogP contribution in [0.3, 0.4) is 0 Å². The smallest absolute Gasteiger partial charge is 0.141 e. The predicted octanol–water partition coefficient (Wildman–Crippen LogP) is 6.62. The second-order valence-electron chi connectivity index (χ2n) is 10.9. The molecule has 37 heavy (non-hydrogen) atoms. The molecule has 4 heteroatoms. The number of nitrogens with zero attached hydrogens (tertiary/aromatic N) is 2. The van der Waals surface area contributed by atoms with Crippen molar-refractivity contribution in [1.82, 2.24) is 9.80 Å². The topological polar surface area (TPSA) is 23.6 Å². The highest BCUT2D eigenvalue weighted by molar-refractivity contribution is 5.86. The zero-order valence-corrected chi connectivity index (χ0v) is 21.8. The molecule has 0 N–H and O–H groups in total. The van der Waals surface area contributed by atoms with Crippen LogP contribution in [-0.2, 0) is 24.3 Å². The van der Waals surface area contributed by atoms with Crippen molar-refractivity contribution in [3.05, 3.63) is 107 Å². The van der Waals surface area contributed by atoms with Gasteiger partial charge in [0, 0.05) is 38.2 Å². The molecule has 0 bridgehead atoms. The number of carbonyl (C=O) groups is 1. The summed E-state index contributed by atoms with van der Waals surface area (Å²) < 4.78 is 14.0. The molecule has 0 aromatic heterocycles. The summed E-state index contributed by atoms with van der Waals surface area (Å²) in [5.41, 5.74) is 4.67. The third-order valence-electron chi connectivity index (χ3n) is 8.30. The first kappa shape index (κ1) is 25.8. The third-order valence-corrected chi connectivity index (χ3v) is 8.30. The molecule has 1 atom stereocenters. The van der Waals surface area contributed by atoms with E-state index in [1.165, 1.54) is 16.7 Å². The normalized spacial score (nSPS) is 19.3. The number of halogens is 1. The number of carbonyl (C=O) groups excluding carboxylic acids is 1. The Kier molecular flexibility index (Phi) is 8.80. The summed E-state index contributed by atoms with van der Waals surface area (Å²) in [6.45, 7) is 5.40. The lowest BCUT2D eigenvalue weighted by molar-refractivity contribution is -0.121. The summed E-state index contributed by atoms with van der Waals surface area (Å²) in [6.07, 6.45) is 6.01. The third kappa shape index (κ3) is 6.94. The first-order chi connectivity index (χ1) is 18.2. The van der Waals surface area contributed by atoms with E-state index in [2.05, 4.69) is 64.4 Å². The summed E-state index contributed by atoms with van der Waals surface area (Å²) in [5, 5.41) is 0. The number of fused-ring (bicyclic) bond motifs is 1. The van der Waals surface area contributed by atoms with Crippen LogP contribution >= 0.6 is 0 Å². The lowest BCUT2D eigenvalue weighted by atomic mass is 9.86. The summed E-state index contributed by atoms with van der Waals surface area (Å²) in [6, 6.07) is 26.3. The van der Waals surface area contributed by atoms with E-state index in [1.54, 1.807) is 12.1 Å². The van der Waals surface area contributed by atoms with Gasteiger partial charge in [-0.25, -0.2) is 4.39 Å². The van der Waals surface area contributed by atoms with Crippen LogP contribution in [0.2, 0.25) is 0 Å². The Balaban J connectivity index is 1.13. The molecule has 0 spiro atoms. The molecule has 194 valence electrons. The zero-order chi connectivity index (χ0) is 25.5. The van der Waals surface area contributed by atoms with E-state index in [9.17, 15) is 9.18 Å². The molecule has 0 amide bonds. The molecule has 1 unspecified atom stereocenters. The Morgan fingerprint density at radius 1 is 0.811 bits per heavy atom. The molecular formula is C33H39FN2O. The van der Waals surface area contributed by atoms with Gasteiger partial charge in [0.25, 0.3) is 0 Å². The van der Waals surface area contributed by atoms with Gasteiger partial charge in [-0.3, -0.25) is 14.6 Å². The number of Topliss-reactive ketones (excluding diaryl/α,β-unsaturated/α-hetero) is 1. The minimum atomic E-state index is -0.106. The number of ketones is 1. The fourth-order valence-corrected chi connectivity index (χ4v) is 6.13. The Bertz CT molecular complexity index is 1160. The number of likely N-dealkylation sites (tertiary alicyclic amines) is 1. The lowest BCUT2D eigenvalue weighted by Gasteiger charge is -2.32. The fraction of sp³-hybridized carbons (Fsp3) is 0.424. The van der Waals surface area contributed by atoms with Gasteiger partial charge in [0.15, 0.2) is 0 Å². The maximum absolute atomic E-state index is 14.0. The quantitative estimate of drug-likeness (QED) is 0.331. The molecule has 1 fully saturated rings. The largest absolute Gasteiger partial charge is 0.299 e. The van der Waals surface area contributed by atoms with E-state index in [4.69, 9.17) is 0 Å². The minimum Gasteiger partial charge on any atom is -0.299 e. The molecular weight excluding hydrogens is 459 g/mol. The van der Waals surface area contributed by atoms with Crippen LogP contribution in [0.4, 0.5) is 4.39 Å². The zero-order valence-electron chi connectivity index (χ0n) is 21.8. The van der Waals surface area contributed by atoms with E-state index in [0.717, 1.165) is 70.4 Å². The monoisotopic (exact) mass is 498 g/mol. The number of benzene rings is 3. The van der Waals surface area contributed by atoms with Crippen LogP contribution in [-0.4, -0.2) is 41.8 Å². The molecule has 3 aromatic rings. The Hall–Kier alpha value is -2.82. The number of hydrogen-bond donors (Lipinski definition) is 0. The highest BCUT2D eigenvalue weighted by Crippen LogP contribution is 2.30. The van der Waals surface area contributed by atoms with Gasteiger partial charge < -0.3 is 0 Å². The van der Waals surface area contributed by atoms with Crippen LogP contribution in [0.5, 0.6) is 0 Å². The molecule has 3 aromatic carbocycles. The van der Waals surface area contributed by atoms with Gasteiger partial charge in [0.2, 0.25) is 0 Å². The van der Waals surface area contributed by atoms with Gasteiger partial charge in [-0.2, -0.15) is 0 Å². The van der Waals surface area contributed by atoms with Gasteiger partial charge in [-0.1, -0.05) is 72.8 Å². The molecule has 0 aliphatic carbocycles. The van der Waals surface area contributed by atoms with Crippen molar-refractivity contribution >= 4 is 5.78 Å². The highest BCUT2D eigenvalue weighted by Gasteiger charge is 2.28. The summed E-state index contributed by atoms with van der Waals surface area (Å²) in [4.78, 5) is 18.4. The molecule has 3 nitrogen and oxygen atoms in total. The SMILES string of the molecule is O=C(CCCC1CCN(Cc2ccccc2F)CC1)C1CN(Cc2ccccc2)CCc2ccccc21. The van der Waals surface area contributed by atoms with Crippen molar-refractivity contribution in [3.63, 3.8) is 0 Å². The maximum Gasteiger partial charge on any atom is 0.141 e. The van der Waals surface area contributed by atoms with Crippen molar-refractivity contribution in [3.8, 4) is 0 Å². The molecule has 1 saturated heterocycles. The van der Waals surface area contributed by atoms with E-state index in [0.29, 0.717) is 24.7 Å². The number of hydrogen-bond acceptors (Lipinski definition) is 3. The van der Waals surface area contributed by atoms with Gasteiger partial charge in [0.1, 0.15) is 11.6 Å². The van der Waals surface area contributed by atoms with Gasteiger partial charge >= 0.3 is 0 Å². The second kappa shape index (κ2) is 12.6. The Morgan fingerprint density at radius 2 is 1.54 bits per heavy atom. The van der Waals surface area contributed by atoms with Gasteiger partial charge in [-0.15, -0.1) is 0 Å². The van der Waals surface area contributed by atoms with Crippen LogP contribution in [0.25, 0.3) is 0 Å². The first-order valence-corrected chi connectivity index (χ1v) is 14.0. The molecule has 0 radical (unpaired) electrons. The van der Waals surface area contributed by atoms with Crippen molar-refractivity contribution in [1.29, 1.82) is 0 Å². The molecule has 0 saturated carbocycles. The van der Waals surface area contributed by atoms with Crippen molar-refractivity contribution in [2.45, 2.75) is 57.5 Å². The predicted molar refractivity (Wildman–Crippen MR) is 148 cm³/mol. The molecule has 2 aliphatic heterocycles. The summed E-state index contributed by atoms with van der Waals surface area (Å²) in [7, 11) is 0. The first-order valence-electron chi connectivity index (χ1n) is 14.0. The minimum absolute atomic E-state index is 0.0370. The second-order valence-corrected chi connectivity index (χ2v) is 10.9. The fourth-order valence-electron chi connectivity index (χ4n) is 6.13. The van der Waals surface area contributed by atoms with Gasteiger partial charge in [0.05, 0.1) is 5.92 Å². The van der Waals surface area contributed by atoms with Crippen molar-refractivity contribution < 1.29 is 9.18 Å². The van der Waals surface area contributed by atoms with Crippen LogP contribution in [0.15, 0.2) is 78.9 Å². The lowest BCUT2D eigenvalue weighted by Crippen LogP contribution is -2.33. The maximum atomic E-state index is 14.0. The van der Waals surface area contributed by atoms with E-state index < -0.39 is 0 Å². The Labute approximate surface area is 221 Å². The van der Waals surface area contributed by atoms with E-state index in [1.807, 2.05) is 12.1 Å². The average Bonchev–Trinajstić information content (AvgIpc) is 3.11. The van der Waals surface area contributed by atoms with Crippen LogP contribution in [0.1, 0.15) is 60.3 Å². The number of piperidine rings is 1. The average molecular weight is 499 g/mol. The van der Waals surface area contributed by atoms with Crippen molar-refractivity contribution in [2.24, 2.45) is 5.92 Å². The van der Waals surface area contributed by atoms with E-state index >= 15 is 0 Å². The summed E-state index contributed by atoms with van der Waals surface area (Å²) >= 11 is 0. The van der Waals surface area contributed by atoms with Crippen molar-refractivity contribution in [2.75, 3.05) is 26.2 Å². The molecule has 2 aliphatic rings. The van der Waals surface area contributed by atoms with Crippen LogP contribution in [0, 0.1) is 11.7 Å². The Morgan fingerprint density at radius 3 is 2.35 bits per heavy atom. The highest BCUT2D eigenvalue weighted by atomic mass is 19.1. The standard InChI is InChI=1S/C33H39FN2O/c34-32-15-7-5-13-29(32)24-35-20-17-26(18-21-35)11-8-16-33(37)31-25-36(23-27-9-2-1-3-10-27)22-19-28-12-4-6-14-30(28)31/h1-7,9-10,12-15,26,31H,8,11,16-25H2. The van der Waals surface area contributed by atoms with Gasteiger partial charge in [-0.05, 0) is 73.9 Å². The molecule has 2 heterocycles. The summed E-state index contributed by atoms with van der Waals surface area (Å²) in [5.74, 6) is 0.917. The number of rotatable bonds is 9. The van der Waals surface area contributed by atoms with E-state index in [-0.39, 0.29) is 11.7 Å². The molecule has 5 rings (SSSR count). The van der Waals surface area contributed by atoms with Crippen LogP contribution < -0.4 is 0 Å².